The molecule has 3 rings (SSSR count). The van der Waals surface area contributed by atoms with Crippen LogP contribution >= 0.6 is 0 Å². The number of nitrogens with zero attached hydrogens (tertiary/aromatic N) is 4. The van der Waals surface area contributed by atoms with E-state index in [9.17, 15) is 8.42 Å². The van der Waals surface area contributed by atoms with Gasteiger partial charge in [0.15, 0.2) is 0 Å². The van der Waals surface area contributed by atoms with Crippen LogP contribution in [0.4, 0.5) is 0 Å². The Morgan fingerprint density at radius 3 is 2.35 bits per heavy atom. The van der Waals surface area contributed by atoms with Crippen molar-refractivity contribution in [3.05, 3.63) is 59.9 Å². The second kappa shape index (κ2) is 5.81. The molecule has 3 aromatic rings. The summed E-state index contributed by atoms with van der Waals surface area (Å²) >= 11 is 0. The molecular weight excluding hydrogens is 316 g/mol. The Labute approximate surface area is 133 Å². The number of hydrogen-bond donors (Lipinski definition) is 0. The van der Waals surface area contributed by atoms with E-state index in [1.807, 2.05) is 13.8 Å². The average molecular weight is 330 g/mol. The molecule has 0 saturated carbocycles. The molecular formula is C15H14N4O3S. The molecule has 0 aliphatic carbocycles. The summed E-state index contributed by atoms with van der Waals surface area (Å²) < 4.78 is 31.3. The Bertz CT molecular complexity index is 920. The molecule has 118 valence electrons. The summed E-state index contributed by atoms with van der Waals surface area (Å²) in [6, 6.07) is 11.3. The number of aryl methyl sites for hydroxylation is 2. The predicted molar refractivity (Wildman–Crippen MR) is 82.9 cm³/mol. The maximum atomic E-state index is 12.3. The summed E-state index contributed by atoms with van der Waals surface area (Å²) in [6.07, 6.45) is 1.45. The van der Waals surface area contributed by atoms with Crippen molar-refractivity contribution < 1.29 is 12.6 Å². The van der Waals surface area contributed by atoms with Crippen LogP contribution in [0.25, 0.3) is 5.69 Å². The largest absolute Gasteiger partial charge is 0.379 e. The Hall–Kier alpha value is -2.74. The lowest BCUT2D eigenvalue weighted by molar-refractivity contribution is 0.486. The third-order valence-corrected chi connectivity index (χ3v) is 4.67. The Kier molecular flexibility index (Phi) is 3.83. The van der Waals surface area contributed by atoms with E-state index < -0.39 is 10.1 Å². The van der Waals surface area contributed by atoms with Gasteiger partial charge in [0.25, 0.3) is 0 Å². The lowest BCUT2D eigenvalue weighted by Gasteiger charge is -2.09. The lowest BCUT2D eigenvalue weighted by Crippen LogP contribution is -2.10. The Morgan fingerprint density at radius 2 is 1.74 bits per heavy atom. The van der Waals surface area contributed by atoms with Crippen molar-refractivity contribution in [2.75, 3.05) is 0 Å². The number of rotatable bonds is 4. The Balaban J connectivity index is 1.84. The van der Waals surface area contributed by atoms with Gasteiger partial charge in [0.1, 0.15) is 17.0 Å². The molecule has 1 aromatic heterocycles. The lowest BCUT2D eigenvalue weighted by atomic mass is 10.1. The van der Waals surface area contributed by atoms with Crippen LogP contribution in [0.15, 0.2) is 53.7 Å². The van der Waals surface area contributed by atoms with E-state index in [0.29, 0.717) is 5.69 Å². The van der Waals surface area contributed by atoms with E-state index in [2.05, 4.69) is 15.5 Å². The molecule has 7 nitrogen and oxygen atoms in total. The second-order valence-electron chi connectivity index (χ2n) is 5.03. The van der Waals surface area contributed by atoms with E-state index in [1.54, 1.807) is 36.4 Å². The second-order valence-corrected chi connectivity index (χ2v) is 6.58. The van der Waals surface area contributed by atoms with Crippen LogP contribution in [0, 0.1) is 13.8 Å². The number of tetrazole rings is 1. The molecule has 0 fully saturated rings. The van der Waals surface area contributed by atoms with Gasteiger partial charge >= 0.3 is 10.1 Å². The van der Waals surface area contributed by atoms with Crippen LogP contribution in [0.5, 0.6) is 5.75 Å². The van der Waals surface area contributed by atoms with Gasteiger partial charge in [-0.3, -0.25) is 0 Å². The highest BCUT2D eigenvalue weighted by Gasteiger charge is 2.17. The van der Waals surface area contributed by atoms with Gasteiger partial charge in [-0.1, -0.05) is 6.07 Å². The first kappa shape index (κ1) is 15.2. The molecule has 2 aromatic carbocycles. The molecule has 8 heteroatoms. The molecule has 0 spiro atoms. The van der Waals surface area contributed by atoms with E-state index in [0.717, 1.165) is 11.1 Å². The van der Waals surface area contributed by atoms with E-state index in [-0.39, 0.29) is 10.6 Å². The molecule has 0 saturated heterocycles. The fraction of sp³-hybridized carbons (Fsp3) is 0.133. The van der Waals surface area contributed by atoms with Gasteiger partial charge in [-0.05, 0) is 71.8 Å². The Morgan fingerprint density at radius 1 is 1.00 bits per heavy atom. The van der Waals surface area contributed by atoms with Gasteiger partial charge < -0.3 is 4.18 Å². The molecule has 0 unspecified atom stereocenters. The van der Waals surface area contributed by atoms with Gasteiger partial charge in [0.05, 0.1) is 5.69 Å². The summed E-state index contributed by atoms with van der Waals surface area (Å²) in [5, 5.41) is 10.8. The van der Waals surface area contributed by atoms with Gasteiger partial charge in [0, 0.05) is 0 Å². The normalized spacial score (nSPS) is 11.4. The van der Waals surface area contributed by atoms with Gasteiger partial charge in [-0.25, -0.2) is 4.68 Å². The van der Waals surface area contributed by atoms with Crippen molar-refractivity contribution in [1.82, 2.24) is 20.2 Å². The van der Waals surface area contributed by atoms with Crippen LogP contribution in [0.3, 0.4) is 0 Å². The third kappa shape index (κ3) is 3.21. The van der Waals surface area contributed by atoms with Crippen molar-refractivity contribution in [3.8, 4) is 11.4 Å². The molecule has 1 heterocycles. The third-order valence-electron chi connectivity index (χ3n) is 3.42. The van der Waals surface area contributed by atoms with E-state index in [4.69, 9.17) is 4.18 Å². The molecule has 0 atom stereocenters. The first-order valence-corrected chi connectivity index (χ1v) is 8.22. The topological polar surface area (TPSA) is 87.0 Å². The molecule has 0 N–H and O–H groups in total. The van der Waals surface area contributed by atoms with Crippen molar-refractivity contribution in [2.45, 2.75) is 18.7 Å². The summed E-state index contributed by atoms with van der Waals surface area (Å²) in [4.78, 5) is 0.130. The molecule has 0 aliphatic heterocycles. The number of aromatic nitrogens is 4. The smallest absolute Gasteiger partial charge is 0.339 e. The van der Waals surface area contributed by atoms with Gasteiger partial charge in [-0.2, -0.15) is 8.42 Å². The number of hydrogen-bond acceptors (Lipinski definition) is 6. The van der Waals surface area contributed by atoms with E-state index >= 15 is 0 Å². The zero-order chi connectivity index (χ0) is 16.4. The fourth-order valence-corrected chi connectivity index (χ4v) is 2.99. The van der Waals surface area contributed by atoms with E-state index in [1.165, 1.54) is 17.1 Å². The van der Waals surface area contributed by atoms with Crippen LogP contribution < -0.4 is 4.18 Å². The van der Waals surface area contributed by atoms with Gasteiger partial charge in [-0.15, -0.1) is 5.10 Å². The minimum Gasteiger partial charge on any atom is -0.379 e. The SMILES string of the molecule is Cc1ccc(S(=O)(=O)Oc2ccc(-n3cnnn3)cc2)cc1C. The standard InChI is InChI=1S/C15H14N4O3S/c1-11-3-8-15(9-12(11)2)23(20,21)22-14-6-4-13(5-7-14)19-10-16-17-18-19/h3-10H,1-2H3. The van der Waals surface area contributed by atoms with Crippen LogP contribution in [-0.2, 0) is 10.1 Å². The predicted octanol–water partition coefficient (Wildman–Crippen LogP) is 2.05. The molecule has 0 aliphatic rings. The highest BCUT2D eigenvalue weighted by molar-refractivity contribution is 7.87. The van der Waals surface area contributed by atoms with Crippen molar-refractivity contribution in [2.24, 2.45) is 0 Å². The molecule has 0 amide bonds. The summed E-state index contributed by atoms with van der Waals surface area (Å²) in [6.45, 7) is 3.78. The van der Waals surface area contributed by atoms with Crippen molar-refractivity contribution in [3.63, 3.8) is 0 Å². The van der Waals surface area contributed by atoms with Crippen LogP contribution in [0.2, 0.25) is 0 Å². The molecule has 0 radical (unpaired) electrons. The minimum absolute atomic E-state index is 0.130. The first-order valence-electron chi connectivity index (χ1n) is 6.81. The van der Waals surface area contributed by atoms with Crippen molar-refractivity contribution >= 4 is 10.1 Å². The highest BCUT2D eigenvalue weighted by Crippen LogP contribution is 2.21. The number of benzene rings is 2. The summed E-state index contributed by atoms with van der Waals surface area (Å²) in [7, 11) is -3.87. The van der Waals surface area contributed by atoms with Crippen LogP contribution in [0.1, 0.15) is 11.1 Å². The quantitative estimate of drug-likeness (QED) is 0.680. The monoisotopic (exact) mass is 330 g/mol. The van der Waals surface area contributed by atoms with Crippen molar-refractivity contribution in [1.29, 1.82) is 0 Å². The zero-order valence-corrected chi connectivity index (χ0v) is 13.4. The molecule has 23 heavy (non-hydrogen) atoms. The summed E-state index contributed by atoms with van der Waals surface area (Å²) in [5.74, 6) is 0.222. The van der Waals surface area contributed by atoms with Crippen LogP contribution in [-0.4, -0.2) is 28.6 Å². The average Bonchev–Trinajstić information content (AvgIpc) is 3.04. The molecule has 0 bridgehead atoms. The summed E-state index contributed by atoms with van der Waals surface area (Å²) in [5.41, 5.74) is 2.62. The maximum Gasteiger partial charge on any atom is 0.339 e. The fourth-order valence-electron chi connectivity index (χ4n) is 1.98. The van der Waals surface area contributed by atoms with Gasteiger partial charge in [0.2, 0.25) is 0 Å². The maximum absolute atomic E-state index is 12.3. The first-order chi connectivity index (χ1) is 11.0. The minimum atomic E-state index is -3.87. The highest BCUT2D eigenvalue weighted by atomic mass is 32.2. The zero-order valence-electron chi connectivity index (χ0n) is 12.5.